The van der Waals surface area contributed by atoms with Crippen molar-refractivity contribution in [3.8, 4) is 0 Å². The fourth-order valence-corrected chi connectivity index (χ4v) is 3.04. The van der Waals surface area contributed by atoms with Crippen LogP contribution in [0, 0.1) is 5.92 Å². The average molecular weight is 352 g/mol. The lowest BCUT2D eigenvalue weighted by atomic mass is 9.98. The van der Waals surface area contributed by atoms with Crippen LogP contribution in [0.25, 0.3) is 11.2 Å². The largest absolute Gasteiger partial charge is 0.444 e. The van der Waals surface area contributed by atoms with Crippen LogP contribution in [0.3, 0.4) is 0 Å². The molecule has 3 rings (SSSR count). The molecule has 0 N–H and O–H groups in total. The Morgan fingerprint density at radius 3 is 2.96 bits per heavy atom. The number of rotatable bonds is 2. The van der Waals surface area contributed by atoms with Crippen LogP contribution < -0.4 is 0 Å². The van der Waals surface area contributed by atoms with Crippen molar-refractivity contribution in [3.63, 3.8) is 0 Å². The summed E-state index contributed by atoms with van der Waals surface area (Å²) >= 11 is 5.93. The zero-order valence-electron chi connectivity index (χ0n) is 14.2. The standard InChI is InChI=1S/C16H22ClN5O2/c1-16(2,3)24-15(23)21-6-4-5-11(9-21)10-22-14-12(7-19-22)18-8-13(17)20-14/h7-8,11H,4-6,9-10H2,1-3H3/t11-/m0/s1. The van der Waals surface area contributed by atoms with E-state index in [4.69, 9.17) is 16.3 Å². The van der Waals surface area contributed by atoms with Gasteiger partial charge in [0, 0.05) is 19.6 Å². The molecule has 1 saturated heterocycles. The average Bonchev–Trinajstić information content (AvgIpc) is 2.88. The van der Waals surface area contributed by atoms with Crippen molar-refractivity contribution in [3.05, 3.63) is 17.5 Å². The zero-order chi connectivity index (χ0) is 17.3. The molecule has 2 aromatic heterocycles. The molecule has 1 fully saturated rings. The molecule has 0 bridgehead atoms. The minimum atomic E-state index is -0.478. The predicted molar refractivity (Wildman–Crippen MR) is 90.9 cm³/mol. The summed E-state index contributed by atoms with van der Waals surface area (Å²) in [6.45, 7) is 7.71. The van der Waals surface area contributed by atoms with Gasteiger partial charge in [-0.15, -0.1) is 0 Å². The summed E-state index contributed by atoms with van der Waals surface area (Å²) in [4.78, 5) is 22.6. The number of ether oxygens (including phenoxy) is 1. The van der Waals surface area contributed by atoms with E-state index < -0.39 is 5.60 Å². The molecule has 24 heavy (non-hydrogen) atoms. The van der Waals surface area contributed by atoms with Gasteiger partial charge in [0.1, 0.15) is 16.3 Å². The summed E-state index contributed by atoms with van der Waals surface area (Å²) in [5.74, 6) is 0.301. The minimum absolute atomic E-state index is 0.250. The van der Waals surface area contributed by atoms with Crippen LogP contribution in [-0.4, -0.2) is 49.4 Å². The van der Waals surface area contributed by atoms with Gasteiger partial charge in [0.15, 0.2) is 5.65 Å². The molecular formula is C16H22ClN5O2. The summed E-state index contributed by atoms with van der Waals surface area (Å²) in [5, 5.41) is 4.71. The molecular weight excluding hydrogens is 330 g/mol. The van der Waals surface area contributed by atoms with Crippen LogP contribution in [0.4, 0.5) is 4.79 Å². The second-order valence-electron chi connectivity index (χ2n) is 7.16. The quantitative estimate of drug-likeness (QED) is 0.831. The van der Waals surface area contributed by atoms with Crippen molar-refractivity contribution in [1.82, 2.24) is 24.6 Å². The van der Waals surface area contributed by atoms with Crippen molar-refractivity contribution in [2.45, 2.75) is 45.8 Å². The van der Waals surface area contributed by atoms with Crippen molar-refractivity contribution < 1.29 is 9.53 Å². The molecule has 130 valence electrons. The molecule has 0 spiro atoms. The Hall–Kier alpha value is -1.89. The highest BCUT2D eigenvalue weighted by molar-refractivity contribution is 6.29. The lowest BCUT2D eigenvalue weighted by Crippen LogP contribution is -2.43. The molecule has 1 aliphatic heterocycles. The number of fused-ring (bicyclic) bond motifs is 1. The van der Waals surface area contributed by atoms with Crippen molar-refractivity contribution >= 4 is 28.9 Å². The van der Waals surface area contributed by atoms with Gasteiger partial charge in [-0.3, -0.25) is 0 Å². The van der Waals surface area contributed by atoms with E-state index in [9.17, 15) is 4.79 Å². The SMILES string of the molecule is CC(C)(C)OC(=O)N1CCC[C@H](Cn2ncc3ncc(Cl)nc32)C1. The Bertz CT molecular complexity index is 740. The summed E-state index contributed by atoms with van der Waals surface area (Å²) in [6.07, 6.45) is 4.94. The maximum absolute atomic E-state index is 12.3. The first-order valence-corrected chi connectivity index (χ1v) is 8.51. The first-order valence-electron chi connectivity index (χ1n) is 8.14. The Kier molecular flexibility index (Phi) is 4.62. The number of hydrogen-bond acceptors (Lipinski definition) is 5. The van der Waals surface area contributed by atoms with Crippen molar-refractivity contribution in [2.75, 3.05) is 13.1 Å². The number of aromatic nitrogens is 4. The Balaban J connectivity index is 1.68. The number of amides is 1. The van der Waals surface area contributed by atoms with Gasteiger partial charge in [-0.1, -0.05) is 11.6 Å². The van der Waals surface area contributed by atoms with Crippen LogP contribution in [0.2, 0.25) is 5.15 Å². The second-order valence-corrected chi connectivity index (χ2v) is 7.55. The predicted octanol–water partition coefficient (Wildman–Crippen LogP) is 3.13. The highest BCUT2D eigenvalue weighted by atomic mass is 35.5. The smallest absolute Gasteiger partial charge is 0.410 e. The molecule has 1 atom stereocenters. The number of nitrogens with zero attached hydrogens (tertiary/aromatic N) is 5. The van der Waals surface area contributed by atoms with Gasteiger partial charge >= 0.3 is 6.09 Å². The molecule has 2 aromatic rings. The van der Waals surface area contributed by atoms with Gasteiger partial charge in [0.25, 0.3) is 0 Å². The fourth-order valence-electron chi connectivity index (χ4n) is 2.91. The van der Waals surface area contributed by atoms with E-state index in [1.807, 2.05) is 25.5 Å². The molecule has 0 aliphatic carbocycles. The zero-order valence-corrected chi connectivity index (χ0v) is 15.0. The Morgan fingerprint density at radius 2 is 2.21 bits per heavy atom. The molecule has 1 amide bonds. The number of piperidine rings is 1. The summed E-state index contributed by atoms with van der Waals surface area (Å²) in [5.41, 5.74) is 0.922. The molecule has 8 heteroatoms. The summed E-state index contributed by atoms with van der Waals surface area (Å²) in [7, 11) is 0. The normalized spacial score (nSPS) is 18.8. The van der Waals surface area contributed by atoms with E-state index in [1.54, 1.807) is 11.1 Å². The number of halogens is 1. The van der Waals surface area contributed by atoms with Crippen LogP contribution in [0.5, 0.6) is 0 Å². The van der Waals surface area contributed by atoms with Gasteiger partial charge in [-0.25, -0.2) is 19.4 Å². The molecule has 0 saturated carbocycles. The monoisotopic (exact) mass is 351 g/mol. The fraction of sp³-hybridized carbons (Fsp3) is 0.625. The topological polar surface area (TPSA) is 73.1 Å². The van der Waals surface area contributed by atoms with Gasteiger partial charge in [0.2, 0.25) is 0 Å². The number of carbonyl (C=O) groups excluding carboxylic acids is 1. The second kappa shape index (κ2) is 6.55. The lowest BCUT2D eigenvalue weighted by molar-refractivity contribution is 0.0156. The van der Waals surface area contributed by atoms with E-state index in [2.05, 4.69) is 15.1 Å². The van der Waals surface area contributed by atoms with Crippen LogP contribution in [0.15, 0.2) is 12.4 Å². The highest BCUT2D eigenvalue weighted by Crippen LogP contribution is 2.22. The van der Waals surface area contributed by atoms with Gasteiger partial charge in [-0.05, 0) is 39.5 Å². The summed E-state index contributed by atoms with van der Waals surface area (Å²) < 4.78 is 7.29. The van der Waals surface area contributed by atoms with E-state index in [0.29, 0.717) is 29.8 Å². The lowest BCUT2D eigenvalue weighted by Gasteiger charge is -2.34. The molecule has 7 nitrogen and oxygen atoms in total. The molecule has 0 unspecified atom stereocenters. The highest BCUT2D eigenvalue weighted by Gasteiger charge is 2.28. The van der Waals surface area contributed by atoms with E-state index in [-0.39, 0.29) is 6.09 Å². The first kappa shape index (κ1) is 17.0. The van der Waals surface area contributed by atoms with Crippen molar-refractivity contribution in [1.29, 1.82) is 0 Å². The van der Waals surface area contributed by atoms with Gasteiger partial charge < -0.3 is 9.64 Å². The minimum Gasteiger partial charge on any atom is -0.444 e. The number of likely N-dealkylation sites (tertiary alicyclic amines) is 1. The third-order valence-electron chi connectivity index (χ3n) is 3.92. The third kappa shape index (κ3) is 3.95. The van der Waals surface area contributed by atoms with Crippen LogP contribution in [-0.2, 0) is 11.3 Å². The Morgan fingerprint density at radius 1 is 1.42 bits per heavy atom. The van der Waals surface area contributed by atoms with E-state index in [1.165, 1.54) is 6.20 Å². The molecule has 3 heterocycles. The first-order chi connectivity index (χ1) is 11.3. The Labute approximate surface area is 146 Å². The molecule has 1 aliphatic rings. The molecule has 0 aromatic carbocycles. The number of carbonyl (C=O) groups is 1. The third-order valence-corrected chi connectivity index (χ3v) is 4.10. The van der Waals surface area contributed by atoms with Crippen molar-refractivity contribution in [2.24, 2.45) is 5.92 Å². The summed E-state index contributed by atoms with van der Waals surface area (Å²) in [6, 6.07) is 0. The number of hydrogen-bond donors (Lipinski definition) is 0. The maximum Gasteiger partial charge on any atom is 0.410 e. The van der Waals surface area contributed by atoms with Crippen LogP contribution >= 0.6 is 11.6 Å². The van der Waals surface area contributed by atoms with Crippen LogP contribution in [0.1, 0.15) is 33.6 Å². The molecule has 0 radical (unpaired) electrons. The van der Waals surface area contributed by atoms with E-state index in [0.717, 1.165) is 24.9 Å². The van der Waals surface area contributed by atoms with Gasteiger partial charge in [0.05, 0.1) is 12.4 Å². The van der Waals surface area contributed by atoms with Gasteiger partial charge in [-0.2, -0.15) is 5.10 Å². The van der Waals surface area contributed by atoms with E-state index >= 15 is 0 Å². The maximum atomic E-state index is 12.3.